The maximum absolute atomic E-state index is 11.0. The van der Waals surface area contributed by atoms with Crippen molar-refractivity contribution in [3.8, 4) is 17.2 Å². The second-order valence-electron chi connectivity index (χ2n) is 5.09. The zero-order chi connectivity index (χ0) is 13.1. The lowest BCUT2D eigenvalue weighted by atomic mass is 10.1. The molecule has 0 aliphatic heterocycles. The van der Waals surface area contributed by atoms with E-state index < -0.39 is 8.07 Å². The molecule has 0 heterocycles. The van der Waals surface area contributed by atoms with E-state index in [0.29, 0.717) is 5.75 Å². The average molecular weight is 246 g/mol. The van der Waals surface area contributed by atoms with Crippen molar-refractivity contribution in [3.63, 3.8) is 0 Å². The number of ether oxygens (including phenoxy) is 1. The molecule has 0 N–H and O–H groups in total. The number of aryl methyl sites for hydroxylation is 1. The van der Waals surface area contributed by atoms with E-state index in [1.807, 2.05) is 19.1 Å². The van der Waals surface area contributed by atoms with Gasteiger partial charge in [-0.2, -0.15) is 0 Å². The van der Waals surface area contributed by atoms with Crippen LogP contribution in [-0.4, -0.2) is 14.0 Å². The van der Waals surface area contributed by atoms with Gasteiger partial charge in [-0.3, -0.25) is 4.79 Å². The van der Waals surface area contributed by atoms with E-state index in [4.69, 9.17) is 4.74 Å². The van der Waals surface area contributed by atoms with Crippen LogP contribution in [0, 0.1) is 18.4 Å². The first-order valence-corrected chi connectivity index (χ1v) is 9.10. The lowest BCUT2D eigenvalue weighted by Crippen LogP contribution is -2.16. The molecule has 0 unspecified atom stereocenters. The number of esters is 1. The molecule has 0 aliphatic rings. The van der Waals surface area contributed by atoms with Crippen LogP contribution < -0.4 is 4.74 Å². The first-order chi connectivity index (χ1) is 7.78. The van der Waals surface area contributed by atoms with Crippen LogP contribution in [0.2, 0.25) is 19.6 Å². The topological polar surface area (TPSA) is 26.3 Å². The third-order valence-electron chi connectivity index (χ3n) is 1.96. The standard InChI is InChI=1S/C14H18O2Si/c1-11-6-7-14(16-12(2)15)13(10-11)8-9-17(3,4)5/h6-7,10H,1-5H3. The molecule has 0 bridgehead atoms. The van der Waals surface area contributed by atoms with E-state index >= 15 is 0 Å². The van der Waals surface area contributed by atoms with Crippen LogP contribution in [0.4, 0.5) is 0 Å². The molecule has 2 nitrogen and oxygen atoms in total. The molecule has 0 radical (unpaired) electrons. The molecule has 1 aromatic rings. The van der Waals surface area contributed by atoms with Crippen LogP contribution in [-0.2, 0) is 4.79 Å². The van der Waals surface area contributed by atoms with E-state index in [2.05, 4.69) is 31.1 Å². The normalized spacial score (nSPS) is 10.4. The second-order valence-corrected chi connectivity index (χ2v) is 9.84. The van der Waals surface area contributed by atoms with Crippen molar-refractivity contribution in [1.29, 1.82) is 0 Å². The van der Waals surface area contributed by atoms with Gasteiger partial charge < -0.3 is 4.74 Å². The Labute approximate surface area is 104 Å². The van der Waals surface area contributed by atoms with E-state index in [1.54, 1.807) is 6.07 Å². The third kappa shape index (κ3) is 4.88. The quantitative estimate of drug-likeness (QED) is 0.329. The van der Waals surface area contributed by atoms with Gasteiger partial charge in [0.15, 0.2) is 0 Å². The van der Waals surface area contributed by atoms with Crippen molar-refractivity contribution in [2.75, 3.05) is 0 Å². The van der Waals surface area contributed by atoms with Gasteiger partial charge >= 0.3 is 5.97 Å². The molecule has 0 aromatic heterocycles. The second kappa shape index (κ2) is 5.20. The summed E-state index contributed by atoms with van der Waals surface area (Å²) in [6, 6.07) is 5.66. The first-order valence-electron chi connectivity index (χ1n) is 5.60. The van der Waals surface area contributed by atoms with Crippen molar-refractivity contribution >= 4 is 14.0 Å². The highest BCUT2D eigenvalue weighted by molar-refractivity contribution is 6.83. The Hall–Kier alpha value is -1.53. The summed E-state index contributed by atoms with van der Waals surface area (Å²) < 4.78 is 5.14. The average Bonchev–Trinajstić information content (AvgIpc) is 2.16. The van der Waals surface area contributed by atoms with E-state index in [0.717, 1.165) is 11.1 Å². The van der Waals surface area contributed by atoms with E-state index in [9.17, 15) is 4.79 Å². The number of hydrogen-bond donors (Lipinski definition) is 0. The van der Waals surface area contributed by atoms with Gasteiger partial charge in [0.25, 0.3) is 0 Å². The first kappa shape index (κ1) is 13.5. The van der Waals surface area contributed by atoms with Crippen molar-refractivity contribution in [2.24, 2.45) is 0 Å². The fourth-order valence-electron chi connectivity index (χ4n) is 1.24. The predicted octanol–water partition coefficient (Wildman–Crippen LogP) is 3.15. The molecule has 0 saturated carbocycles. The molecule has 0 fully saturated rings. The SMILES string of the molecule is CC(=O)Oc1ccc(C)cc1C#C[Si](C)(C)C. The van der Waals surface area contributed by atoms with Gasteiger partial charge in [0.2, 0.25) is 0 Å². The summed E-state index contributed by atoms with van der Waals surface area (Å²) in [5.74, 6) is 3.37. The van der Waals surface area contributed by atoms with E-state index in [1.165, 1.54) is 6.92 Å². The number of carbonyl (C=O) groups is 1. The largest absolute Gasteiger partial charge is 0.425 e. The summed E-state index contributed by atoms with van der Waals surface area (Å²) in [5.41, 5.74) is 5.18. The Bertz CT molecular complexity index is 487. The molecular weight excluding hydrogens is 228 g/mol. The summed E-state index contributed by atoms with van der Waals surface area (Å²) in [6.45, 7) is 9.94. The highest BCUT2D eigenvalue weighted by Gasteiger charge is 2.09. The maximum Gasteiger partial charge on any atom is 0.308 e. The Morgan fingerprint density at radius 3 is 2.47 bits per heavy atom. The molecule has 0 amide bonds. The van der Waals surface area contributed by atoms with Crippen molar-refractivity contribution in [1.82, 2.24) is 0 Å². The summed E-state index contributed by atoms with van der Waals surface area (Å²) in [5, 5.41) is 0. The lowest BCUT2D eigenvalue weighted by Gasteiger charge is -2.07. The zero-order valence-corrected chi connectivity index (χ0v) is 12.0. The number of carbonyl (C=O) groups excluding carboxylic acids is 1. The van der Waals surface area contributed by atoms with Gasteiger partial charge in [0.05, 0.1) is 5.56 Å². The van der Waals surface area contributed by atoms with Crippen LogP contribution in [0.25, 0.3) is 0 Å². The minimum Gasteiger partial charge on any atom is -0.425 e. The molecule has 1 aromatic carbocycles. The Morgan fingerprint density at radius 2 is 1.94 bits per heavy atom. The van der Waals surface area contributed by atoms with Crippen LogP contribution in [0.3, 0.4) is 0 Å². The van der Waals surface area contributed by atoms with Gasteiger partial charge in [0, 0.05) is 6.92 Å². The number of rotatable bonds is 1. The van der Waals surface area contributed by atoms with Gasteiger partial charge in [-0.05, 0) is 24.6 Å². The van der Waals surface area contributed by atoms with Gasteiger partial charge in [0.1, 0.15) is 13.8 Å². The van der Waals surface area contributed by atoms with Crippen molar-refractivity contribution < 1.29 is 9.53 Å². The summed E-state index contributed by atoms with van der Waals surface area (Å²) in [6.07, 6.45) is 0. The molecule has 90 valence electrons. The third-order valence-corrected chi connectivity index (χ3v) is 2.84. The monoisotopic (exact) mass is 246 g/mol. The van der Waals surface area contributed by atoms with E-state index in [-0.39, 0.29) is 5.97 Å². The number of benzene rings is 1. The minimum absolute atomic E-state index is 0.315. The Balaban J connectivity index is 3.14. The molecule has 0 spiro atoms. The molecule has 17 heavy (non-hydrogen) atoms. The smallest absolute Gasteiger partial charge is 0.308 e. The highest BCUT2D eigenvalue weighted by Crippen LogP contribution is 2.19. The predicted molar refractivity (Wildman–Crippen MR) is 72.7 cm³/mol. The lowest BCUT2D eigenvalue weighted by molar-refractivity contribution is -0.131. The summed E-state index contributed by atoms with van der Waals surface area (Å²) >= 11 is 0. The van der Waals surface area contributed by atoms with Gasteiger partial charge in [-0.25, -0.2) is 0 Å². The van der Waals surface area contributed by atoms with Crippen LogP contribution in [0.15, 0.2) is 18.2 Å². The van der Waals surface area contributed by atoms with Gasteiger partial charge in [-0.1, -0.05) is 31.6 Å². The van der Waals surface area contributed by atoms with Crippen LogP contribution >= 0.6 is 0 Å². The zero-order valence-electron chi connectivity index (χ0n) is 11.0. The minimum atomic E-state index is -1.42. The maximum atomic E-state index is 11.0. The molecular formula is C14H18O2Si. The van der Waals surface area contributed by atoms with Crippen molar-refractivity contribution in [3.05, 3.63) is 29.3 Å². The Kier molecular flexibility index (Phi) is 4.14. The van der Waals surface area contributed by atoms with Crippen molar-refractivity contribution in [2.45, 2.75) is 33.5 Å². The number of hydrogen-bond acceptors (Lipinski definition) is 2. The van der Waals surface area contributed by atoms with Crippen LogP contribution in [0.5, 0.6) is 5.75 Å². The van der Waals surface area contributed by atoms with Crippen LogP contribution in [0.1, 0.15) is 18.1 Å². The summed E-state index contributed by atoms with van der Waals surface area (Å²) in [4.78, 5) is 11.0. The Morgan fingerprint density at radius 1 is 1.29 bits per heavy atom. The molecule has 0 aliphatic carbocycles. The molecule has 0 saturated heterocycles. The highest BCUT2D eigenvalue weighted by atomic mass is 28.3. The molecule has 3 heteroatoms. The van der Waals surface area contributed by atoms with Gasteiger partial charge in [-0.15, -0.1) is 5.54 Å². The fourth-order valence-corrected chi connectivity index (χ4v) is 1.75. The fraction of sp³-hybridized carbons (Fsp3) is 0.357. The molecule has 1 rings (SSSR count). The molecule has 0 atom stereocenters. The summed E-state index contributed by atoms with van der Waals surface area (Å²) in [7, 11) is -1.42.